The van der Waals surface area contributed by atoms with Crippen molar-refractivity contribution in [1.82, 2.24) is 10.3 Å². The highest BCUT2D eigenvalue weighted by Crippen LogP contribution is 2.27. The number of carbonyl (C=O) groups is 2. The second-order valence-electron chi connectivity index (χ2n) is 5.64. The maximum Gasteiger partial charge on any atom is 0.573 e. The van der Waals surface area contributed by atoms with Crippen molar-refractivity contribution in [3.05, 3.63) is 48.2 Å². The van der Waals surface area contributed by atoms with E-state index in [0.717, 1.165) is 17.0 Å². The summed E-state index contributed by atoms with van der Waals surface area (Å²) in [6, 6.07) is 7.61. The van der Waals surface area contributed by atoms with Gasteiger partial charge >= 0.3 is 12.4 Å². The van der Waals surface area contributed by atoms with Crippen molar-refractivity contribution in [2.75, 3.05) is 16.8 Å². The number of fused-ring (bicyclic) bond motifs is 1. The normalized spacial score (nSPS) is 14.4. The van der Waals surface area contributed by atoms with Gasteiger partial charge in [-0.05, 0) is 29.8 Å². The molecule has 0 radical (unpaired) electrons. The van der Waals surface area contributed by atoms with Crippen LogP contribution >= 0.6 is 0 Å². The van der Waals surface area contributed by atoms with Crippen LogP contribution < -0.4 is 20.3 Å². The highest BCUT2D eigenvalue weighted by molar-refractivity contribution is 6.08. The van der Waals surface area contributed by atoms with E-state index in [2.05, 4.69) is 20.4 Å². The molecule has 2 aromatic rings. The lowest BCUT2D eigenvalue weighted by atomic mass is 10.1. The second-order valence-corrected chi connectivity index (χ2v) is 5.64. The van der Waals surface area contributed by atoms with Crippen LogP contribution in [0.3, 0.4) is 0 Å². The van der Waals surface area contributed by atoms with Crippen molar-refractivity contribution in [2.24, 2.45) is 0 Å². The minimum atomic E-state index is -4.83. The first-order valence-electron chi connectivity index (χ1n) is 7.85. The molecule has 0 saturated heterocycles. The Balaban J connectivity index is 1.76. The molecule has 0 bridgehead atoms. The number of aromatic nitrogens is 1. The van der Waals surface area contributed by atoms with Crippen LogP contribution in [0.15, 0.2) is 42.6 Å². The first kappa shape index (κ1) is 19.0. The minimum Gasteiger partial charge on any atom is -0.406 e. The topological polar surface area (TPSA) is 107 Å². The summed E-state index contributed by atoms with van der Waals surface area (Å²) in [5.41, 5.74) is 0.587. The molecule has 1 aliphatic rings. The Morgan fingerprint density at radius 1 is 1.32 bits per heavy atom. The third-order valence-electron chi connectivity index (χ3n) is 3.71. The first-order valence-corrected chi connectivity index (χ1v) is 7.85. The Kier molecular flexibility index (Phi) is 5.04. The maximum absolute atomic E-state index is 12.6. The number of anilines is 2. The van der Waals surface area contributed by atoms with Crippen LogP contribution in [0.5, 0.6) is 5.75 Å². The molecule has 1 atom stereocenters. The van der Waals surface area contributed by atoms with E-state index < -0.39 is 30.1 Å². The highest BCUT2D eigenvalue weighted by Gasteiger charge is 2.32. The van der Waals surface area contributed by atoms with Gasteiger partial charge in [-0.15, -0.1) is 13.2 Å². The number of pyridine rings is 1. The molecule has 0 aliphatic carbocycles. The number of nitriles is 1. The van der Waals surface area contributed by atoms with Crippen molar-refractivity contribution in [2.45, 2.75) is 12.4 Å². The minimum absolute atomic E-state index is 0.213. The SMILES string of the molecule is N#CC(NC(=O)N1CC(=O)Nc2cccnc21)c1ccc(OC(F)(F)F)cc1. The van der Waals surface area contributed by atoms with E-state index in [0.29, 0.717) is 5.69 Å². The number of nitrogens with one attached hydrogen (secondary N) is 2. The van der Waals surface area contributed by atoms with Crippen molar-refractivity contribution < 1.29 is 27.5 Å². The number of nitrogens with zero attached hydrogens (tertiary/aromatic N) is 3. The smallest absolute Gasteiger partial charge is 0.406 e. The fourth-order valence-corrected chi connectivity index (χ4v) is 2.54. The number of rotatable bonds is 3. The zero-order chi connectivity index (χ0) is 20.3. The summed E-state index contributed by atoms with van der Waals surface area (Å²) in [5.74, 6) is -0.673. The molecule has 1 aromatic carbocycles. The number of benzene rings is 1. The van der Waals surface area contributed by atoms with Crippen LogP contribution in [0.2, 0.25) is 0 Å². The summed E-state index contributed by atoms with van der Waals surface area (Å²) < 4.78 is 40.4. The average molecular weight is 391 g/mol. The summed E-state index contributed by atoms with van der Waals surface area (Å²) in [6.07, 6.45) is -3.39. The van der Waals surface area contributed by atoms with E-state index >= 15 is 0 Å². The summed E-state index contributed by atoms with van der Waals surface area (Å²) in [7, 11) is 0. The summed E-state index contributed by atoms with van der Waals surface area (Å²) >= 11 is 0. The van der Waals surface area contributed by atoms with Crippen LogP contribution in [-0.2, 0) is 4.79 Å². The predicted molar refractivity (Wildman–Crippen MR) is 90.2 cm³/mol. The van der Waals surface area contributed by atoms with Gasteiger partial charge in [-0.25, -0.2) is 9.78 Å². The number of alkyl halides is 3. The first-order chi connectivity index (χ1) is 13.3. The van der Waals surface area contributed by atoms with Crippen LogP contribution in [0, 0.1) is 11.3 Å². The standard InChI is InChI=1S/C17H12F3N5O3/c18-17(19,20)28-11-5-3-10(4-6-11)13(8-21)24-16(27)25-9-14(26)23-12-2-1-7-22-15(12)25/h1-7,13H,9H2,(H,23,26)(H,24,27). The summed E-state index contributed by atoms with van der Waals surface area (Å²) in [4.78, 5) is 29.5. The Hall–Kier alpha value is -3.81. The molecule has 28 heavy (non-hydrogen) atoms. The third-order valence-corrected chi connectivity index (χ3v) is 3.71. The van der Waals surface area contributed by atoms with Gasteiger partial charge in [-0.2, -0.15) is 5.26 Å². The van der Waals surface area contributed by atoms with E-state index in [1.54, 1.807) is 12.1 Å². The molecular weight excluding hydrogens is 379 g/mol. The zero-order valence-corrected chi connectivity index (χ0v) is 14.0. The predicted octanol–water partition coefficient (Wildman–Crippen LogP) is 2.71. The molecule has 144 valence electrons. The van der Waals surface area contributed by atoms with Gasteiger partial charge < -0.3 is 15.4 Å². The molecule has 3 amide bonds. The van der Waals surface area contributed by atoms with E-state index in [9.17, 15) is 28.0 Å². The second kappa shape index (κ2) is 7.43. The summed E-state index contributed by atoms with van der Waals surface area (Å²) in [6.45, 7) is -0.299. The Morgan fingerprint density at radius 3 is 2.68 bits per heavy atom. The van der Waals surface area contributed by atoms with Gasteiger partial charge in [0.15, 0.2) is 5.82 Å². The molecule has 1 aromatic heterocycles. The number of urea groups is 1. The van der Waals surface area contributed by atoms with E-state index in [1.807, 2.05) is 6.07 Å². The lowest BCUT2D eigenvalue weighted by Crippen LogP contribution is -2.48. The fraction of sp³-hybridized carbons (Fsp3) is 0.176. The van der Waals surface area contributed by atoms with Crippen LogP contribution in [0.1, 0.15) is 11.6 Å². The molecule has 8 nitrogen and oxygen atoms in total. The quantitative estimate of drug-likeness (QED) is 0.837. The molecule has 11 heteroatoms. The van der Waals surface area contributed by atoms with E-state index in [4.69, 9.17) is 0 Å². The number of halogens is 3. The van der Waals surface area contributed by atoms with Crippen molar-refractivity contribution >= 4 is 23.4 Å². The van der Waals surface area contributed by atoms with Crippen LogP contribution in [-0.4, -0.2) is 29.8 Å². The summed E-state index contributed by atoms with van der Waals surface area (Å²) in [5, 5.41) is 14.3. The van der Waals surface area contributed by atoms with Crippen molar-refractivity contribution in [3.63, 3.8) is 0 Å². The van der Waals surface area contributed by atoms with Crippen molar-refractivity contribution in [3.8, 4) is 11.8 Å². The van der Waals surface area contributed by atoms with E-state index in [-0.39, 0.29) is 17.9 Å². The van der Waals surface area contributed by atoms with Gasteiger partial charge in [0.2, 0.25) is 5.91 Å². The zero-order valence-electron chi connectivity index (χ0n) is 14.0. The van der Waals surface area contributed by atoms with Gasteiger partial charge in [-0.3, -0.25) is 9.69 Å². The van der Waals surface area contributed by atoms with Gasteiger partial charge in [0.1, 0.15) is 18.3 Å². The maximum atomic E-state index is 12.6. The molecule has 2 N–H and O–H groups in total. The number of amides is 3. The average Bonchev–Trinajstić information content (AvgIpc) is 2.64. The van der Waals surface area contributed by atoms with Crippen molar-refractivity contribution in [1.29, 1.82) is 5.26 Å². The Bertz CT molecular complexity index is 940. The van der Waals surface area contributed by atoms with E-state index in [1.165, 1.54) is 18.3 Å². The number of hydrogen-bond donors (Lipinski definition) is 2. The highest BCUT2D eigenvalue weighted by atomic mass is 19.4. The molecule has 0 fully saturated rings. The van der Waals surface area contributed by atoms with Crippen LogP contribution in [0.4, 0.5) is 29.5 Å². The molecule has 1 aliphatic heterocycles. The monoisotopic (exact) mass is 391 g/mol. The number of hydrogen-bond acceptors (Lipinski definition) is 5. The van der Waals surface area contributed by atoms with Gasteiger partial charge in [-0.1, -0.05) is 12.1 Å². The van der Waals surface area contributed by atoms with Gasteiger partial charge in [0, 0.05) is 6.20 Å². The van der Waals surface area contributed by atoms with Crippen LogP contribution in [0.25, 0.3) is 0 Å². The molecule has 0 spiro atoms. The lowest BCUT2D eigenvalue weighted by molar-refractivity contribution is -0.274. The number of ether oxygens (including phenoxy) is 1. The third kappa shape index (κ3) is 4.29. The van der Waals surface area contributed by atoms with Gasteiger partial charge in [0.05, 0.1) is 11.8 Å². The molecule has 2 heterocycles. The Labute approximate surface area is 156 Å². The Morgan fingerprint density at radius 2 is 2.04 bits per heavy atom. The molecule has 0 saturated carbocycles. The largest absolute Gasteiger partial charge is 0.573 e. The number of carbonyl (C=O) groups excluding carboxylic acids is 2. The lowest BCUT2D eigenvalue weighted by Gasteiger charge is -2.28. The molecular formula is C17H12F3N5O3. The van der Waals surface area contributed by atoms with Gasteiger partial charge in [0.25, 0.3) is 0 Å². The fourth-order valence-electron chi connectivity index (χ4n) is 2.54. The molecule has 3 rings (SSSR count). The molecule has 1 unspecified atom stereocenters.